The summed E-state index contributed by atoms with van der Waals surface area (Å²) in [7, 11) is 1.78. The van der Waals surface area contributed by atoms with E-state index in [9.17, 15) is 4.79 Å². The lowest BCUT2D eigenvalue weighted by atomic mass is 9.90. The van der Waals surface area contributed by atoms with Gasteiger partial charge in [0, 0.05) is 25.2 Å². The molecule has 1 atom stereocenters. The quantitative estimate of drug-likeness (QED) is 0.876. The van der Waals surface area contributed by atoms with Gasteiger partial charge in [0.25, 0.3) is 0 Å². The molecule has 18 heavy (non-hydrogen) atoms. The topological polar surface area (TPSA) is 62.5 Å². The third-order valence-corrected chi connectivity index (χ3v) is 4.42. The van der Waals surface area contributed by atoms with Crippen LogP contribution >= 0.6 is 11.3 Å². The number of carbonyl (C=O) groups excluding carboxylic acids is 1. The number of carbonyl (C=O) groups is 1. The molecule has 1 aliphatic rings. The van der Waals surface area contributed by atoms with Gasteiger partial charge in [-0.15, -0.1) is 11.3 Å². The highest BCUT2D eigenvalue weighted by Gasteiger charge is 2.33. The van der Waals surface area contributed by atoms with Crippen molar-refractivity contribution in [2.75, 3.05) is 38.1 Å². The first-order chi connectivity index (χ1) is 8.54. The fourth-order valence-electron chi connectivity index (χ4n) is 2.21. The third-order valence-electron chi connectivity index (χ3n) is 3.57. The standard InChI is InChI=1S/C12H20N4OS/c1-12(8-13)3-5-16(9-12)7-10(17)15(2)11-14-4-6-18-11/h4,6H,3,5,7-9,13H2,1-2H3. The number of likely N-dealkylation sites (tertiary alicyclic amines) is 1. The molecule has 1 amide bonds. The number of aromatic nitrogens is 1. The number of hydrogen-bond acceptors (Lipinski definition) is 5. The molecule has 1 aliphatic heterocycles. The van der Waals surface area contributed by atoms with E-state index in [4.69, 9.17) is 5.73 Å². The summed E-state index contributed by atoms with van der Waals surface area (Å²) in [4.78, 5) is 20.1. The maximum absolute atomic E-state index is 12.1. The van der Waals surface area contributed by atoms with Crippen LogP contribution in [-0.2, 0) is 4.79 Å². The predicted molar refractivity (Wildman–Crippen MR) is 73.7 cm³/mol. The molecule has 1 unspecified atom stereocenters. The van der Waals surface area contributed by atoms with E-state index in [1.54, 1.807) is 18.1 Å². The van der Waals surface area contributed by atoms with Crippen molar-refractivity contribution in [2.24, 2.45) is 11.1 Å². The number of likely N-dealkylation sites (N-methyl/N-ethyl adjacent to an activating group) is 1. The van der Waals surface area contributed by atoms with Gasteiger partial charge in [-0.2, -0.15) is 0 Å². The Morgan fingerprint density at radius 3 is 3.06 bits per heavy atom. The van der Waals surface area contributed by atoms with Gasteiger partial charge < -0.3 is 5.73 Å². The first-order valence-electron chi connectivity index (χ1n) is 6.12. The minimum atomic E-state index is 0.0891. The summed E-state index contributed by atoms with van der Waals surface area (Å²) in [5.74, 6) is 0.0891. The molecule has 2 heterocycles. The molecule has 0 aromatic carbocycles. The first-order valence-corrected chi connectivity index (χ1v) is 7.00. The van der Waals surface area contributed by atoms with Crippen molar-refractivity contribution in [2.45, 2.75) is 13.3 Å². The average molecular weight is 268 g/mol. The smallest absolute Gasteiger partial charge is 0.242 e. The minimum Gasteiger partial charge on any atom is -0.330 e. The van der Waals surface area contributed by atoms with Gasteiger partial charge in [0.15, 0.2) is 5.13 Å². The SMILES string of the molecule is CN(C(=O)CN1CCC(C)(CN)C1)c1nccs1. The maximum atomic E-state index is 12.1. The summed E-state index contributed by atoms with van der Waals surface area (Å²) in [5, 5.41) is 2.63. The van der Waals surface area contributed by atoms with Gasteiger partial charge in [-0.05, 0) is 24.9 Å². The van der Waals surface area contributed by atoms with Crippen LogP contribution in [0.5, 0.6) is 0 Å². The van der Waals surface area contributed by atoms with Gasteiger partial charge in [-0.25, -0.2) is 4.98 Å². The van der Waals surface area contributed by atoms with Crippen molar-refractivity contribution in [1.82, 2.24) is 9.88 Å². The van der Waals surface area contributed by atoms with Gasteiger partial charge >= 0.3 is 0 Å². The van der Waals surface area contributed by atoms with Crippen LogP contribution in [0.15, 0.2) is 11.6 Å². The molecule has 0 saturated carbocycles. The maximum Gasteiger partial charge on any atom is 0.242 e. The number of thiazole rings is 1. The van der Waals surface area contributed by atoms with Crippen LogP contribution in [0.2, 0.25) is 0 Å². The molecule has 0 spiro atoms. The molecule has 0 radical (unpaired) electrons. The summed E-state index contributed by atoms with van der Waals surface area (Å²) < 4.78 is 0. The Kier molecular flexibility index (Phi) is 3.99. The second-order valence-corrected chi connectivity index (χ2v) is 6.12. The number of hydrogen-bond donors (Lipinski definition) is 1. The summed E-state index contributed by atoms with van der Waals surface area (Å²) in [6, 6.07) is 0. The third kappa shape index (κ3) is 2.88. The molecule has 0 aliphatic carbocycles. The summed E-state index contributed by atoms with van der Waals surface area (Å²) in [5.41, 5.74) is 5.93. The van der Waals surface area contributed by atoms with E-state index in [1.807, 2.05) is 5.38 Å². The van der Waals surface area contributed by atoms with Gasteiger partial charge in [0.1, 0.15) is 0 Å². The number of amides is 1. The van der Waals surface area contributed by atoms with Gasteiger partial charge in [-0.1, -0.05) is 6.92 Å². The fourth-order valence-corrected chi connectivity index (χ4v) is 2.84. The predicted octanol–water partition coefficient (Wildman–Crippen LogP) is 0.777. The molecule has 1 aromatic rings. The fraction of sp³-hybridized carbons (Fsp3) is 0.667. The van der Waals surface area contributed by atoms with E-state index in [0.29, 0.717) is 13.1 Å². The van der Waals surface area contributed by atoms with Crippen molar-refractivity contribution in [1.29, 1.82) is 0 Å². The lowest BCUT2D eigenvalue weighted by molar-refractivity contribution is -0.119. The lowest BCUT2D eigenvalue weighted by Gasteiger charge is -2.23. The van der Waals surface area contributed by atoms with Crippen molar-refractivity contribution in [3.63, 3.8) is 0 Å². The van der Waals surface area contributed by atoms with Crippen molar-refractivity contribution in [3.8, 4) is 0 Å². The second-order valence-electron chi connectivity index (χ2n) is 5.24. The Labute approximate surface area is 112 Å². The zero-order valence-corrected chi connectivity index (χ0v) is 11.7. The molecule has 1 aromatic heterocycles. The second kappa shape index (κ2) is 5.34. The highest BCUT2D eigenvalue weighted by atomic mass is 32.1. The number of rotatable bonds is 4. The van der Waals surface area contributed by atoms with Crippen LogP contribution in [-0.4, -0.2) is 49.0 Å². The van der Waals surface area contributed by atoms with E-state index in [0.717, 1.165) is 24.6 Å². The number of nitrogens with zero attached hydrogens (tertiary/aromatic N) is 3. The van der Waals surface area contributed by atoms with Crippen LogP contribution in [0.1, 0.15) is 13.3 Å². The summed E-state index contributed by atoms with van der Waals surface area (Å²) in [6.45, 7) is 5.17. The first kappa shape index (κ1) is 13.5. The van der Waals surface area contributed by atoms with Gasteiger partial charge in [0.05, 0.1) is 6.54 Å². The summed E-state index contributed by atoms with van der Waals surface area (Å²) >= 11 is 1.48. The molecule has 100 valence electrons. The lowest BCUT2D eigenvalue weighted by Crippen LogP contribution is -2.39. The Hall–Kier alpha value is -0.980. The molecular weight excluding hydrogens is 248 g/mol. The van der Waals surface area contributed by atoms with E-state index < -0.39 is 0 Å². The average Bonchev–Trinajstić information content (AvgIpc) is 2.99. The van der Waals surface area contributed by atoms with Crippen molar-refractivity contribution in [3.05, 3.63) is 11.6 Å². The Morgan fingerprint density at radius 1 is 1.72 bits per heavy atom. The van der Waals surface area contributed by atoms with E-state index in [1.165, 1.54) is 11.3 Å². The summed E-state index contributed by atoms with van der Waals surface area (Å²) in [6.07, 6.45) is 2.78. The monoisotopic (exact) mass is 268 g/mol. The van der Waals surface area contributed by atoms with Crippen molar-refractivity contribution < 1.29 is 4.79 Å². The van der Waals surface area contributed by atoms with Crippen LogP contribution in [0.4, 0.5) is 5.13 Å². The highest BCUT2D eigenvalue weighted by Crippen LogP contribution is 2.28. The molecule has 1 fully saturated rings. The zero-order chi connectivity index (χ0) is 13.2. The van der Waals surface area contributed by atoms with Crippen LogP contribution < -0.4 is 10.6 Å². The van der Waals surface area contributed by atoms with Gasteiger partial charge in [0.2, 0.25) is 5.91 Å². The van der Waals surface area contributed by atoms with E-state index in [2.05, 4.69) is 16.8 Å². The minimum absolute atomic E-state index is 0.0891. The molecular formula is C12H20N4OS. The largest absolute Gasteiger partial charge is 0.330 e. The van der Waals surface area contributed by atoms with E-state index >= 15 is 0 Å². The Morgan fingerprint density at radius 2 is 2.50 bits per heavy atom. The Balaban J connectivity index is 1.89. The van der Waals surface area contributed by atoms with Crippen molar-refractivity contribution >= 4 is 22.4 Å². The van der Waals surface area contributed by atoms with Gasteiger partial charge in [-0.3, -0.25) is 14.6 Å². The van der Waals surface area contributed by atoms with Crippen LogP contribution in [0.25, 0.3) is 0 Å². The molecule has 2 N–H and O–H groups in total. The molecule has 5 nitrogen and oxygen atoms in total. The highest BCUT2D eigenvalue weighted by molar-refractivity contribution is 7.13. The molecule has 6 heteroatoms. The zero-order valence-electron chi connectivity index (χ0n) is 10.9. The molecule has 0 bridgehead atoms. The number of anilines is 1. The normalized spacial score (nSPS) is 24.4. The molecule has 1 saturated heterocycles. The molecule has 2 rings (SSSR count). The Bertz CT molecular complexity index is 408. The van der Waals surface area contributed by atoms with Crippen LogP contribution in [0.3, 0.4) is 0 Å². The number of nitrogens with two attached hydrogens (primary N) is 1. The van der Waals surface area contributed by atoms with E-state index in [-0.39, 0.29) is 11.3 Å². The van der Waals surface area contributed by atoms with Crippen LogP contribution in [0, 0.1) is 5.41 Å².